The van der Waals surface area contributed by atoms with Crippen molar-refractivity contribution in [1.29, 1.82) is 0 Å². The lowest BCUT2D eigenvalue weighted by Gasteiger charge is -2.19. The van der Waals surface area contributed by atoms with Gasteiger partial charge in [0.2, 0.25) is 0 Å². The second kappa shape index (κ2) is 9.83. The van der Waals surface area contributed by atoms with E-state index in [2.05, 4.69) is 21.2 Å². The number of carbonyl (C=O) groups excluding carboxylic acids is 2. The maximum atomic E-state index is 13.3. The third kappa shape index (κ3) is 4.76. The third-order valence-electron chi connectivity index (χ3n) is 5.39. The molecule has 4 rings (SSSR count). The van der Waals surface area contributed by atoms with Crippen LogP contribution in [0, 0.1) is 0 Å². The molecule has 1 atom stereocenters. The average molecular weight is 540 g/mol. The van der Waals surface area contributed by atoms with E-state index >= 15 is 0 Å². The molecule has 0 radical (unpaired) electrons. The molecule has 172 valence electrons. The number of nitrogens with one attached hydrogen (secondary N) is 1. The summed E-state index contributed by atoms with van der Waals surface area (Å²) < 4.78 is 7.65. The summed E-state index contributed by atoms with van der Waals surface area (Å²) in [5.41, 5.74) is 1.49. The highest BCUT2D eigenvalue weighted by Gasteiger charge is 2.26. The summed E-state index contributed by atoms with van der Waals surface area (Å²) in [5, 5.41) is 4.32. The Hall–Kier alpha value is -3.42. The maximum absolute atomic E-state index is 13.3. The number of carbonyl (C=O) groups is 2. The van der Waals surface area contributed by atoms with Crippen LogP contribution in [0.4, 0.5) is 5.69 Å². The first-order chi connectivity index (χ1) is 16.3. The second-order valence-electron chi connectivity index (χ2n) is 7.68. The fraction of sp³-hybridized carbons (Fsp3) is 0.115. The van der Waals surface area contributed by atoms with E-state index in [1.807, 2.05) is 0 Å². The number of aromatic nitrogens is 1. The zero-order chi connectivity index (χ0) is 24.4. The van der Waals surface area contributed by atoms with Gasteiger partial charge < -0.3 is 14.6 Å². The number of anilines is 1. The standard InChI is InChI=1S/C26H20BrClN2O4/c1-15(24(31)29-19-13-9-17(27)10-14-19)34-26(33)23-22(16-7-11-18(28)12-8-16)20-5-3-4-6-21(20)25(32)30(23)2/h3-15H,1-2H3,(H,29,31). The zero-order valence-electron chi connectivity index (χ0n) is 18.3. The first kappa shape index (κ1) is 23.7. The molecule has 0 bridgehead atoms. The van der Waals surface area contributed by atoms with E-state index in [1.54, 1.807) is 72.8 Å². The predicted molar refractivity (Wildman–Crippen MR) is 137 cm³/mol. The molecule has 8 heteroatoms. The maximum Gasteiger partial charge on any atom is 0.356 e. The molecule has 1 unspecified atom stereocenters. The van der Waals surface area contributed by atoms with Crippen LogP contribution in [-0.4, -0.2) is 22.5 Å². The summed E-state index contributed by atoms with van der Waals surface area (Å²) in [4.78, 5) is 39.0. The van der Waals surface area contributed by atoms with Crippen molar-refractivity contribution >= 4 is 55.9 Å². The average Bonchev–Trinajstić information content (AvgIpc) is 2.83. The van der Waals surface area contributed by atoms with Crippen molar-refractivity contribution in [2.24, 2.45) is 7.05 Å². The molecule has 1 amide bonds. The van der Waals surface area contributed by atoms with Crippen molar-refractivity contribution in [1.82, 2.24) is 4.57 Å². The summed E-state index contributed by atoms with van der Waals surface area (Å²) in [6.07, 6.45) is -1.10. The van der Waals surface area contributed by atoms with Gasteiger partial charge in [-0.25, -0.2) is 4.79 Å². The van der Waals surface area contributed by atoms with E-state index in [-0.39, 0.29) is 11.3 Å². The Labute approximate surface area is 209 Å². The molecule has 1 aromatic heterocycles. The van der Waals surface area contributed by atoms with Crippen molar-refractivity contribution in [3.8, 4) is 11.1 Å². The monoisotopic (exact) mass is 538 g/mol. The molecular formula is C26H20BrClN2O4. The fourth-order valence-corrected chi connectivity index (χ4v) is 4.05. The number of pyridine rings is 1. The van der Waals surface area contributed by atoms with Crippen molar-refractivity contribution in [2.45, 2.75) is 13.0 Å². The predicted octanol–water partition coefficient (Wildman–Crippen LogP) is 5.81. The summed E-state index contributed by atoms with van der Waals surface area (Å²) in [7, 11) is 1.51. The number of esters is 1. The van der Waals surface area contributed by atoms with Gasteiger partial charge in [-0.1, -0.05) is 57.9 Å². The Kier molecular flexibility index (Phi) is 6.86. The summed E-state index contributed by atoms with van der Waals surface area (Å²) in [6, 6.07) is 21.0. The van der Waals surface area contributed by atoms with Crippen LogP contribution < -0.4 is 10.9 Å². The Bertz CT molecular complexity index is 1450. The molecule has 34 heavy (non-hydrogen) atoms. The molecule has 0 fully saturated rings. The van der Waals surface area contributed by atoms with Crippen LogP contribution in [0.25, 0.3) is 21.9 Å². The van der Waals surface area contributed by atoms with E-state index in [4.69, 9.17) is 16.3 Å². The van der Waals surface area contributed by atoms with Crippen LogP contribution in [0.3, 0.4) is 0 Å². The Morgan fingerprint density at radius 2 is 1.59 bits per heavy atom. The van der Waals surface area contributed by atoms with Gasteiger partial charge in [-0.15, -0.1) is 0 Å². The molecule has 0 spiro atoms. The van der Waals surface area contributed by atoms with Gasteiger partial charge in [0, 0.05) is 33.2 Å². The lowest BCUT2D eigenvalue weighted by atomic mass is 9.96. The quantitative estimate of drug-likeness (QED) is 0.325. The molecule has 0 aliphatic carbocycles. The molecule has 0 aliphatic rings. The molecule has 1 heterocycles. The van der Waals surface area contributed by atoms with Crippen molar-refractivity contribution in [3.05, 3.63) is 98.3 Å². The van der Waals surface area contributed by atoms with Crippen LogP contribution in [0.1, 0.15) is 17.4 Å². The van der Waals surface area contributed by atoms with Gasteiger partial charge in [-0.05, 0) is 60.3 Å². The van der Waals surface area contributed by atoms with E-state index in [1.165, 1.54) is 18.5 Å². The van der Waals surface area contributed by atoms with Crippen molar-refractivity contribution in [2.75, 3.05) is 5.32 Å². The topological polar surface area (TPSA) is 77.4 Å². The molecular weight excluding hydrogens is 520 g/mol. The molecule has 3 aromatic carbocycles. The first-order valence-electron chi connectivity index (χ1n) is 10.4. The van der Waals surface area contributed by atoms with Crippen LogP contribution in [0.2, 0.25) is 5.02 Å². The minimum Gasteiger partial charge on any atom is -0.448 e. The number of fused-ring (bicyclic) bond motifs is 1. The lowest BCUT2D eigenvalue weighted by Crippen LogP contribution is -2.32. The van der Waals surface area contributed by atoms with Crippen molar-refractivity contribution < 1.29 is 14.3 Å². The van der Waals surface area contributed by atoms with E-state index in [0.29, 0.717) is 32.6 Å². The number of hydrogen-bond acceptors (Lipinski definition) is 4. The Morgan fingerprint density at radius 3 is 2.24 bits per heavy atom. The smallest absolute Gasteiger partial charge is 0.356 e. The van der Waals surface area contributed by atoms with Crippen LogP contribution in [0.15, 0.2) is 82.1 Å². The molecule has 4 aromatic rings. The molecule has 0 saturated carbocycles. The van der Waals surface area contributed by atoms with Gasteiger partial charge in [-0.2, -0.15) is 0 Å². The van der Waals surface area contributed by atoms with Crippen LogP contribution >= 0.6 is 27.5 Å². The van der Waals surface area contributed by atoms with Gasteiger partial charge in [-0.3, -0.25) is 9.59 Å². The normalized spacial score (nSPS) is 11.8. The van der Waals surface area contributed by atoms with E-state index in [9.17, 15) is 14.4 Å². The minimum atomic E-state index is -1.10. The molecule has 0 saturated heterocycles. The number of ether oxygens (including phenoxy) is 1. The largest absolute Gasteiger partial charge is 0.448 e. The van der Waals surface area contributed by atoms with Gasteiger partial charge in [0.15, 0.2) is 6.10 Å². The van der Waals surface area contributed by atoms with Gasteiger partial charge in [0.05, 0.1) is 0 Å². The Balaban J connectivity index is 1.73. The highest BCUT2D eigenvalue weighted by Crippen LogP contribution is 2.32. The summed E-state index contributed by atoms with van der Waals surface area (Å²) in [6.45, 7) is 1.48. The van der Waals surface area contributed by atoms with Gasteiger partial charge in [0.1, 0.15) is 5.69 Å². The summed E-state index contributed by atoms with van der Waals surface area (Å²) >= 11 is 9.40. The van der Waals surface area contributed by atoms with Crippen LogP contribution in [-0.2, 0) is 16.6 Å². The van der Waals surface area contributed by atoms with E-state index < -0.39 is 18.0 Å². The van der Waals surface area contributed by atoms with Crippen molar-refractivity contribution in [3.63, 3.8) is 0 Å². The molecule has 0 aliphatic heterocycles. The summed E-state index contributed by atoms with van der Waals surface area (Å²) in [5.74, 6) is -1.27. The highest BCUT2D eigenvalue weighted by molar-refractivity contribution is 9.10. The SMILES string of the molecule is CC(OC(=O)c1c(-c2ccc(Cl)cc2)c2ccccc2c(=O)n1C)C(=O)Nc1ccc(Br)cc1. The van der Waals surface area contributed by atoms with Gasteiger partial charge >= 0.3 is 5.97 Å². The number of rotatable bonds is 5. The number of halogens is 2. The molecule has 6 nitrogen and oxygen atoms in total. The highest BCUT2D eigenvalue weighted by atomic mass is 79.9. The number of hydrogen-bond donors (Lipinski definition) is 1. The van der Waals surface area contributed by atoms with Crippen LogP contribution in [0.5, 0.6) is 0 Å². The van der Waals surface area contributed by atoms with E-state index in [0.717, 1.165) is 4.47 Å². The second-order valence-corrected chi connectivity index (χ2v) is 9.04. The number of amides is 1. The minimum absolute atomic E-state index is 0.0503. The first-order valence-corrected chi connectivity index (χ1v) is 11.6. The van der Waals surface area contributed by atoms with Gasteiger partial charge in [0.25, 0.3) is 11.5 Å². The lowest BCUT2D eigenvalue weighted by molar-refractivity contribution is -0.123. The zero-order valence-corrected chi connectivity index (χ0v) is 20.7. The number of nitrogens with zero attached hydrogens (tertiary/aromatic N) is 1. The fourth-order valence-electron chi connectivity index (χ4n) is 3.66. The number of benzene rings is 3. The third-order valence-corrected chi connectivity index (χ3v) is 6.18. The molecule has 1 N–H and O–H groups in total. The Morgan fingerprint density at radius 1 is 0.971 bits per heavy atom.